The van der Waals surface area contributed by atoms with Gasteiger partial charge in [0.15, 0.2) is 5.65 Å². The Morgan fingerprint density at radius 3 is 2.59 bits per heavy atom. The lowest BCUT2D eigenvalue weighted by atomic mass is 10.2. The first kappa shape index (κ1) is 18.7. The maximum Gasteiger partial charge on any atom is 0.251 e. The lowest BCUT2D eigenvalue weighted by Gasteiger charge is -2.10. The monoisotopic (exact) mass is 386 g/mol. The molecule has 0 saturated heterocycles. The standard InChI is InChI=1S/C23H22N4O2/c1-2-29-19-12-10-18(11-13-19)23(28)25-15-16-27-21(17-7-4-3-5-8-17)26-20-9-6-14-24-22(20)27/h3-14H,2,15-16H2,1H3,(H,25,28). The summed E-state index contributed by atoms with van der Waals surface area (Å²) in [6, 6.07) is 21.0. The predicted molar refractivity (Wildman–Crippen MR) is 113 cm³/mol. The van der Waals surface area contributed by atoms with Crippen LogP contribution < -0.4 is 10.1 Å². The molecule has 6 nitrogen and oxygen atoms in total. The lowest BCUT2D eigenvalue weighted by molar-refractivity contribution is 0.0952. The Kier molecular flexibility index (Phi) is 5.52. The number of rotatable bonds is 7. The molecule has 1 N–H and O–H groups in total. The predicted octanol–water partition coefficient (Wildman–Crippen LogP) is 3.93. The summed E-state index contributed by atoms with van der Waals surface area (Å²) >= 11 is 0. The van der Waals surface area contributed by atoms with E-state index in [2.05, 4.69) is 10.3 Å². The molecule has 4 rings (SSSR count). The van der Waals surface area contributed by atoms with Crippen molar-refractivity contribution >= 4 is 17.1 Å². The van der Waals surface area contributed by atoms with Crippen LogP contribution in [0.2, 0.25) is 0 Å². The van der Waals surface area contributed by atoms with Gasteiger partial charge in [0.2, 0.25) is 0 Å². The average molecular weight is 386 g/mol. The SMILES string of the molecule is CCOc1ccc(C(=O)NCCn2c(-c3ccccc3)nc3cccnc32)cc1. The van der Waals surface area contributed by atoms with Crippen molar-refractivity contribution in [3.05, 3.63) is 78.5 Å². The molecule has 146 valence electrons. The van der Waals surface area contributed by atoms with Crippen LogP contribution in [0.15, 0.2) is 72.9 Å². The van der Waals surface area contributed by atoms with Gasteiger partial charge in [0, 0.05) is 30.4 Å². The fourth-order valence-electron chi connectivity index (χ4n) is 3.23. The molecular weight excluding hydrogens is 364 g/mol. The quantitative estimate of drug-likeness (QED) is 0.523. The minimum atomic E-state index is -0.119. The summed E-state index contributed by atoms with van der Waals surface area (Å²) < 4.78 is 7.46. The highest BCUT2D eigenvalue weighted by atomic mass is 16.5. The first-order chi connectivity index (χ1) is 14.3. The summed E-state index contributed by atoms with van der Waals surface area (Å²) in [5.41, 5.74) is 3.26. The molecule has 0 aliphatic carbocycles. The smallest absolute Gasteiger partial charge is 0.251 e. The second-order valence-corrected chi connectivity index (χ2v) is 6.51. The maximum absolute atomic E-state index is 12.5. The van der Waals surface area contributed by atoms with E-state index in [0.29, 0.717) is 25.3 Å². The number of carbonyl (C=O) groups is 1. The largest absolute Gasteiger partial charge is 0.494 e. The Hall–Kier alpha value is -3.67. The number of imidazole rings is 1. The van der Waals surface area contributed by atoms with Crippen molar-refractivity contribution in [1.82, 2.24) is 19.9 Å². The van der Waals surface area contributed by atoms with E-state index in [9.17, 15) is 4.79 Å². The van der Waals surface area contributed by atoms with Crippen molar-refractivity contribution < 1.29 is 9.53 Å². The van der Waals surface area contributed by atoms with Crippen LogP contribution in [0.5, 0.6) is 5.75 Å². The molecule has 29 heavy (non-hydrogen) atoms. The fraction of sp³-hybridized carbons (Fsp3) is 0.174. The molecule has 2 aromatic carbocycles. The molecule has 0 fully saturated rings. The van der Waals surface area contributed by atoms with Crippen LogP contribution in [0.3, 0.4) is 0 Å². The van der Waals surface area contributed by atoms with Gasteiger partial charge in [-0.25, -0.2) is 9.97 Å². The van der Waals surface area contributed by atoms with E-state index in [4.69, 9.17) is 9.72 Å². The molecule has 0 saturated carbocycles. The van der Waals surface area contributed by atoms with Gasteiger partial charge in [-0.3, -0.25) is 4.79 Å². The van der Waals surface area contributed by atoms with Gasteiger partial charge in [-0.2, -0.15) is 0 Å². The Balaban J connectivity index is 1.50. The van der Waals surface area contributed by atoms with Crippen molar-refractivity contribution in [2.45, 2.75) is 13.5 Å². The summed E-state index contributed by atoms with van der Waals surface area (Å²) in [7, 11) is 0. The van der Waals surface area contributed by atoms with Crippen LogP contribution in [-0.4, -0.2) is 33.6 Å². The van der Waals surface area contributed by atoms with Crippen molar-refractivity contribution in [3.8, 4) is 17.1 Å². The number of aromatic nitrogens is 3. The highest BCUT2D eigenvalue weighted by Crippen LogP contribution is 2.23. The van der Waals surface area contributed by atoms with Gasteiger partial charge >= 0.3 is 0 Å². The van der Waals surface area contributed by atoms with Gasteiger partial charge in [-0.15, -0.1) is 0 Å². The number of ether oxygens (including phenoxy) is 1. The van der Waals surface area contributed by atoms with Crippen LogP contribution in [0, 0.1) is 0 Å². The summed E-state index contributed by atoms with van der Waals surface area (Å²) in [6.45, 7) is 3.57. The average Bonchev–Trinajstić information content (AvgIpc) is 3.14. The number of benzene rings is 2. The van der Waals surface area contributed by atoms with E-state index in [1.54, 1.807) is 30.5 Å². The summed E-state index contributed by atoms with van der Waals surface area (Å²) in [6.07, 6.45) is 1.76. The Morgan fingerprint density at radius 1 is 1.03 bits per heavy atom. The van der Waals surface area contributed by atoms with E-state index in [0.717, 1.165) is 28.3 Å². The van der Waals surface area contributed by atoms with E-state index < -0.39 is 0 Å². The zero-order chi connectivity index (χ0) is 20.1. The number of hydrogen-bond acceptors (Lipinski definition) is 4. The number of hydrogen-bond donors (Lipinski definition) is 1. The summed E-state index contributed by atoms with van der Waals surface area (Å²) in [5.74, 6) is 1.48. The summed E-state index contributed by atoms with van der Waals surface area (Å²) in [4.78, 5) is 21.7. The maximum atomic E-state index is 12.5. The van der Waals surface area contributed by atoms with Crippen LogP contribution >= 0.6 is 0 Å². The van der Waals surface area contributed by atoms with E-state index in [1.165, 1.54) is 0 Å². The normalized spacial score (nSPS) is 10.8. The number of nitrogens with zero attached hydrogens (tertiary/aromatic N) is 3. The van der Waals surface area contributed by atoms with Crippen LogP contribution in [0.25, 0.3) is 22.6 Å². The first-order valence-corrected chi connectivity index (χ1v) is 9.64. The molecule has 0 radical (unpaired) electrons. The molecule has 0 atom stereocenters. The Morgan fingerprint density at radius 2 is 1.83 bits per heavy atom. The third-order valence-electron chi connectivity index (χ3n) is 4.58. The highest BCUT2D eigenvalue weighted by molar-refractivity contribution is 5.94. The van der Waals surface area contributed by atoms with Gasteiger partial charge in [-0.05, 0) is 43.3 Å². The van der Waals surface area contributed by atoms with E-state index in [-0.39, 0.29) is 5.91 Å². The summed E-state index contributed by atoms with van der Waals surface area (Å²) in [5, 5.41) is 2.98. The number of pyridine rings is 1. The highest BCUT2D eigenvalue weighted by Gasteiger charge is 2.13. The third-order valence-corrected chi connectivity index (χ3v) is 4.58. The minimum Gasteiger partial charge on any atom is -0.494 e. The van der Waals surface area contributed by atoms with E-state index in [1.807, 2.05) is 54.0 Å². The first-order valence-electron chi connectivity index (χ1n) is 9.64. The topological polar surface area (TPSA) is 69.0 Å². The Bertz CT molecular complexity index is 1100. The van der Waals surface area contributed by atoms with Crippen molar-refractivity contribution in [2.24, 2.45) is 0 Å². The molecule has 2 heterocycles. The van der Waals surface area contributed by atoms with Crippen molar-refractivity contribution in [3.63, 3.8) is 0 Å². The minimum absolute atomic E-state index is 0.119. The van der Waals surface area contributed by atoms with E-state index >= 15 is 0 Å². The fourth-order valence-corrected chi connectivity index (χ4v) is 3.23. The Labute approximate surface area is 169 Å². The molecule has 0 aliphatic rings. The molecule has 0 aliphatic heterocycles. The number of fused-ring (bicyclic) bond motifs is 1. The zero-order valence-electron chi connectivity index (χ0n) is 16.2. The lowest BCUT2D eigenvalue weighted by Crippen LogP contribution is -2.27. The molecule has 1 amide bonds. The van der Waals surface area contributed by atoms with Crippen molar-refractivity contribution in [2.75, 3.05) is 13.2 Å². The molecular formula is C23H22N4O2. The molecule has 2 aromatic heterocycles. The third kappa shape index (κ3) is 4.11. The van der Waals surface area contributed by atoms with Gasteiger partial charge in [0.05, 0.1) is 6.61 Å². The van der Waals surface area contributed by atoms with Crippen molar-refractivity contribution in [1.29, 1.82) is 0 Å². The van der Waals surface area contributed by atoms with Gasteiger partial charge < -0.3 is 14.6 Å². The van der Waals surface area contributed by atoms with Crippen LogP contribution in [0.4, 0.5) is 0 Å². The molecule has 4 aromatic rings. The van der Waals surface area contributed by atoms with Crippen LogP contribution in [0.1, 0.15) is 17.3 Å². The number of amides is 1. The van der Waals surface area contributed by atoms with Gasteiger partial charge in [0.1, 0.15) is 17.1 Å². The molecule has 6 heteroatoms. The van der Waals surface area contributed by atoms with Gasteiger partial charge in [-0.1, -0.05) is 30.3 Å². The second kappa shape index (κ2) is 8.56. The molecule has 0 spiro atoms. The van der Waals surface area contributed by atoms with Crippen LogP contribution in [-0.2, 0) is 6.54 Å². The second-order valence-electron chi connectivity index (χ2n) is 6.51. The number of nitrogens with one attached hydrogen (secondary N) is 1. The molecule has 0 bridgehead atoms. The molecule has 0 unspecified atom stereocenters. The number of carbonyl (C=O) groups excluding carboxylic acids is 1. The zero-order valence-corrected chi connectivity index (χ0v) is 16.2. The van der Waals surface area contributed by atoms with Gasteiger partial charge in [0.25, 0.3) is 5.91 Å².